The van der Waals surface area contributed by atoms with E-state index < -0.39 is 24.5 Å². The third kappa shape index (κ3) is 5.00. The molecule has 2 aromatic heterocycles. The van der Waals surface area contributed by atoms with Crippen LogP contribution in [0.3, 0.4) is 0 Å². The van der Waals surface area contributed by atoms with Gasteiger partial charge in [0.1, 0.15) is 10.6 Å². The van der Waals surface area contributed by atoms with Gasteiger partial charge in [0.05, 0.1) is 12.8 Å². The summed E-state index contributed by atoms with van der Waals surface area (Å²) in [6.07, 6.45) is 3.98. The molecule has 3 rings (SSSR count). The molecule has 0 spiro atoms. The van der Waals surface area contributed by atoms with Crippen LogP contribution in [0.5, 0.6) is 0 Å². The number of nitrogens with one attached hydrogen (secondary N) is 1. The first-order valence-electron chi connectivity index (χ1n) is 8.77. The molecule has 0 fully saturated rings. The smallest absolute Gasteiger partial charge is 0.359 e. The summed E-state index contributed by atoms with van der Waals surface area (Å²) in [6.45, 7) is 1.29. The van der Waals surface area contributed by atoms with E-state index in [1.165, 1.54) is 18.6 Å². The number of halogens is 1. The number of carbonyl (C=O) groups excluding carboxylic acids is 3. The molecule has 0 radical (unpaired) electrons. The van der Waals surface area contributed by atoms with Crippen LogP contribution < -0.4 is 5.32 Å². The summed E-state index contributed by atoms with van der Waals surface area (Å²) in [5.41, 5.74) is 1.34. The monoisotopic (exact) mass is 445 g/mol. The van der Waals surface area contributed by atoms with Crippen LogP contribution in [0.25, 0.3) is 11.1 Å². The molecule has 0 aliphatic carbocycles. The second-order valence-electron chi connectivity index (χ2n) is 5.77. The van der Waals surface area contributed by atoms with Gasteiger partial charge in [-0.3, -0.25) is 9.78 Å². The van der Waals surface area contributed by atoms with Crippen LogP contribution in [0.15, 0.2) is 48.2 Å². The zero-order valence-electron chi connectivity index (χ0n) is 15.8. The minimum Gasteiger partial charge on any atom is -0.462 e. The maximum absolute atomic E-state index is 12.6. The molecular formula is C20H16ClN3O5S. The van der Waals surface area contributed by atoms with Crippen molar-refractivity contribution in [2.45, 2.75) is 6.92 Å². The zero-order valence-corrected chi connectivity index (χ0v) is 17.3. The molecule has 0 aliphatic rings. The standard InChI is InChI=1S/C20H16ClN3O5S/c1-2-28-20(27)17-13(12-5-3-4-6-14(12)21)11-30-18(17)24-16(25)10-29-19(26)15-9-22-7-8-23-15/h3-9,11H,2,10H2,1H3,(H,24,25). The highest BCUT2D eigenvalue weighted by Crippen LogP contribution is 2.39. The van der Waals surface area contributed by atoms with E-state index in [9.17, 15) is 14.4 Å². The maximum Gasteiger partial charge on any atom is 0.359 e. The molecule has 0 saturated carbocycles. The van der Waals surface area contributed by atoms with Gasteiger partial charge >= 0.3 is 11.9 Å². The van der Waals surface area contributed by atoms with Crippen molar-refractivity contribution in [1.29, 1.82) is 0 Å². The van der Waals surface area contributed by atoms with E-state index in [1.807, 2.05) is 0 Å². The number of benzene rings is 1. The van der Waals surface area contributed by atoms with Gasteiger partial charge in [0.25, 0.3) is 5.91 Å². The molecule has 0 saturated heterocycles. The second-order valence-corrected chi connectivity index (χ2v) is 7.06. The van der Waals surface area contributed by atoms with Crippen molar-refractivity contribution in [3.05, 3.63) is 64.5 Å². The van der Waals surface area contributed by atoms with Crippen LogP contribution in [-0.2, 0) is 14.3 Å². The van der Waals surface area contributed by atoms with Crippen LogP contribution in [0.4, 0.5) is 5.00 Å². The van der Waals surface area contributed by atoms with E-state index in [0.29, 0.717) is 16.1 Å². The maximum atomic E-state index is 12.6. The number of hydrogen-bond acceptors (Lipinski definition) is 8. The lowest BCUT2D eigenvalue weighted by Crippen LogP contribution is -2.22. The summed E-state index contributed by atoms with van der Waals surface area (Å²) in [6, 6.07) is 7.03. The number of amides is 1. The highest BCUT2D eigenvalue weighted by Gasteiger charge is 2.24. The molecule has 0 atom stereocenters. The van der Waals surface area contributed by atoms with Crippen molar-refractivity contribution >= 4 is 45.8 Å². The molecule has 1 N–H and O–H groups in total. The van der Waals surface area contributed by atoms with Crippen molar-refractivity contribution in [3.8, 4) is 11.1 Å². The first-order chi connectivity index (χ1) is 14.5. The Bertz CT molecular complexity index is 1070. The van der Waals surface area contributed by atoms with Crippen LogP contribution in [-0.4, -0.2) is 41.0 Å². The highest BCUT2D eigenvalue weighted by molar-refractivity contribution is 7.15. The SMILES string of the molecule is CCOC(=O)c1c(-c2ccccc2Cl)csc1NC(=O)COC(=O)c1cnccn1. The molecule has 0 aliphatic heterocycles. The molecule has 10 heteroatoms. The lowest BCUT2D eigenvalue weighted by Gasteiger charge is -2.10. The fourth-order valence-corrected chi connectivity index (χ4v) is 3.71. The summed E-state index contributed by atoms with van der Waals surface area (Å²) in [5.74, 6) is -2.00. The number of aromatic nitrogens is 2. The first kappa shape index (κ1) is 21.4. The largest absolute Gasteiger partial charge is 0.462 e. The van der Waals surface area contributed by atoms with Gasteiger partial charge in [-0.05, 0) is 13.0 Å². The van der Waals surface area contributed by atoms with Crippen LogP contribution >= 0.6 is 22.9 Å². The summed E-state index contributed by atoms with van der Waals surface area (Å²) in [4.78, 5) is 44.3. The summed E-state index contributed by atoms with van der Waals surface area (Å²) < 4.78 is 10.1. The molecule has 1 aromatic carbocycles. The zero-order chi connectivity index (χ0) is 21.5. The topological polar surface area (TPSA) is 107 Å². The number of thiophene rings is 1. The number of ether oxygens (including phenoxy) is 2. The number of hydrogen-bond donors (Lipinski definition) is 1. The van der Waals surface area contributed by atoms with Crippen molar-refractivity contribution in [1.82, 2.24) is 9.97 Å². The number of carbonyl (C=O) groups is 3. The second kappa shape index (κ2) is 9.95. The molecule has 8 nitrogen and oxygen atoms in total. The van der Waals surface area contributed by atoms with Crippen LogP contribution in [0.2, 0.25) is 5.02 Å². The molecule has 1 amide bonds. The van der Waals surface area contributed by atoms with Crippen molar-refractivity contribution in [3.63, 3.8) is 0 Å². The van der Waals surface area contributed by atoms with Gasteiger partial charge in [0.2, 0.25) is 0 Å². The first-order valence-corrected chi connectivity index (χ1v) is 10.0. The van der Waals surface area contributed by atoms with Gasteiger partial charge in [-0.2, -0.15) is 0 Å². The number of nitrogens with zero attached hydrogens (tertiary/aromatic N) is 2. The fourth-order valence-electron chi connectivity index (χ4n) is 2.51. The van der Waals surface area contributed by atoms with Crippen molar-refractivity contribution in [2.75, 3.05) is 18.5 Å². The summed E-state index contributed by atoms with van der Waals surface area (Å²) >= 11 is 7.41. The Hall–Kier alpha value is -3.30. The lowest BCUT2D eigenvalue weighted by molar-refractivity contribution is -0.119. The Balaban J connectivity index is 1.78. The van der Waals surface area contributed by atoms with Gasteiger partial charge in [0.15, 0.2) is 12.3 Å². The minimum atomic E-state index is -0.785. The van der Waals surface area contributed by atoms with E-state index in [4.69, 9.17) is 21.1 Å². The van der Waals surface area contributed by atoms with Crippen LogP contribution in [0.1, 0.15) is 27.8 Å². The Morgan fingerprint density at radius 3 is 2.60 bits per heavy atom. The predicted molar refractivity (Wildman–Crippen MR) is 112 cm³/mol. The van der Waals surface area contributed by atoms with Gasteiger partial charge in [0, 0.05) is 33.9 Å². The molecule has 30 heavy (non-hydrogen) atoms. The Morgan fingerprint density at radius 1 is 1.10 bits per heavy atom. The third-order valence-electron chi connectivity index (χ3n) is 3.79. The summed E-state index contributed by atoms with van der Waals surface area (Å²) in [7, 11) is 0. The number of esters is 2. The lowest BCUT2D eigenvalue weighted by atomic mass is 10.0. The number of rotatable bonds is 7. The van der Waals surface area contributed by atoms with E-state index in [-0.39, 0.29) is 22.9 Å². The molecule has 0 bridgehead atoms. The van der Waals surface area contributed by atoms with Crippen molar-refractivity contribution < 1.29 is 23.9 Å². The highest BCUT2D eigenvalue weighted by atomic mass is 35.5. The molecule has 154 valence electrons. The van der Waals surface area contributed by atoms with Crippen LogP contribution in [0, 0.1) is 0 Å². The molecule has 2 heterocycles. The average Bonchev–Trinajstić information content (AvgIpc) is 3.16. The molecule has 0 unspecified atom stereocenters. The van der Waals surface area contributed by atoms with Gasteiger partial charge < -0.3 is 14.8 Å². The summed E-state index contributed by atoms with van der Waals surface area (Å²) in [5, 5.41) is 5.01. The van der Waals surface area contributed by atoms with Gasteiger partial charge in [-0.25, -0.2) is 14.6 Å². The fraction of sp³-hybridized carbons (Fsp3) is 0.150. The van der Waals surface area contributed by atoms with E-state index in [0.717, 1.165) is 11.3 Å². The Kier molecular flexibility index (Phi) is 7.10. The number of anilines is 1. The Morgan fingerprint density at radius 2 is 1.90 bits per heavy atom. The minimum absolute atomic E-state index is 0.0189. The normalized spacial score (nSPS) is 10.3. The third-order valence-corrected chi connectivity index (χ3v) is 5.02. The molecular weight excluding hydrogens is 430 g/mol. The van der Waals surface area contributed by atoms with Crippen molar-refractivity contribution in [2.24, 2.45) is 0 Å². The Labute approximate surface area is 180 Å². The van der Waals surface area contributed by atoms with E-state index in [1.54, 1.807) is 36.6 Å². The van der Waals surface area contributed by atoms with Gasteiger partial charge in [-0.1, -0.05) is 29.8 Å². The van der Waals surface area contributed by atoms with E-state index in [2.05, 4.69) is 15.3 Å². The average molecular weight is 446 g/mol. The predicted octanol–water partition coefficient (Wildman–Crippen LogP) is 3.83. The van der Waals surface area contributed by atoms with Gasteiger partial charge in [-0.15, -0.1) is 11.3 Å². The van der Waals surface area contributed by atoms with E-state index >= 15 is 0 Å². The quantitative estimate of drug-likeness (QED) is 0.550. The molecule has 3 aromatic rings.